The van der Waals surface area contributed by atoms with Crippen molar-refractivity contribution in [3.05, 3.63) is 17.0 Å². The molecule has 0 fully saturated rings. The fraction of sp³-hybridized carbons (Fsp3) is 0.727. The normalized spacial score (nSPS) is 13.1. The summed E-state index contributed by atoms with van der Waals surface area (Å²) in [7, 11) is 1.96. The lowest BCUT2D eigenvalue weighted by Crippen LogP contribution is -2.26. The number of hydrogen-bond donors (Lipinski definition) is 2. The lowest BCUT2D eigenvalue weighted by molar-refractivity contribution is 0.268. The molecular formula is C11H21N3O. The molecule has 1 aromatic rings. The first-order valence-electron chi connectivity index (χ1n) is 5.39. The molecule has 1 heterocycles. The Balaban J connectivity index is 2.57. The third-order valence-electron chi connectivity index (χ3n) is 2.85. The maximum absolute atomic E-state index is 8.79. The monoisotopic (exact) mass is 211 g/mol. The number of nitrogens with one attached hydrogen (secondary N) is 1. The van der Waals surface area contributed by atoms with Gasteiger partial charge in [-0.2, -0.15) is 5.10 Å². The predicted molar refractivity (Wildman–Crippen MR) is 60.7 cm³/mol. The second-order valence-corrected chi connectivity index (χ2v) is 4.07. The topological polar surface area (TPSA) is 50.1 Å². The summed E-state index contributed by atoms with van der Waals surface area (Å²) < 4.78 is 1.91. The summed E-state index contributed by atoms with van der Waals surface area (Å²) in [5, 5.41) is 16.5. The molecule has 0 aromatic carbocycles. The molecular weight excluding hydrogens is 190 g/mol. The zero-order chi connectivity index (χ0) is 11.4. The summed E-state index contributed by atoms with van der Waals surface area (Å²) in [5.74, 6) is 0. The third-order valence-corrected chi connectivity index (χ3v) is 2.85. The van der Waals surface area contributed by atoms with Crippen LogP contribution in [0.2, 0.25) is 0 Å². The summed E-state index contributed by atoms with van der Waals surface area (Å²) in [6.07, 6.45) is 0.790. The van der Waals surface area contributed by atoms with Gasteiger partial charge in [0, 0.05) is 37.5 Å². The molecule has 1 atom stereocenters. The van der Waals surface area contributed by atoms with Crippen LogP contribution >= 0.6 is 0 Å². The van der Waals surface area contributed by atoms with E-state index in [0.29, 0.717) is 6.04 Å². The van der Waals surface area contributed by atoms with Crippen molar-refractivity contribution in [1.82, 2.24) is 15.1 Å². The second-order valence-electron chi connectivity index (χ2n) is 4.07. The average Bonchev–Trinajstić information content (AvgIpc) is 2.40. The van der Waals surface area contributed by atoms with Crippen LogP contribution in [-0.4, -0.2) is 27.5 Å². The van der Waals surface area contributed by atoms with Crippen molar-refractivity contribution in [2.75, 3.05) is 6.61 Å². The van der Waals surface area contributed by atoms with E-state index in [1.807, 2.05) is 18.7 Å². The number of nitrogens with zero attached hydrogens (tertiary/aromatic N) is 2. The molecule has 0 spiro atoms. The van der Waals surface area contributed by atoms with Crippen molar-refractivity contribution in [2.24, 2.45) is 7.05 Å². The predicted octanol–water partition coefficient (Wildman–Crippen LogP) is 0.897. The van der Waals surface area contributed by atoms with E-state index in [2.05, 4.69) is 24.3 Å². The highest BCUT2D eigenvalue weighted by Gasteiger charge is 2.09. The lowest BCUT2D eigenvalue weighted by Gasteiger charge is -2.12. The molecule has 0 aliphatic heterocycles. The van der Waals surface area contributed by atoms with E-state index in [1.54, 1.807) is 0 Å². The van der Waals surface area contributed by atoms with Crippen LogP contribution in [-0.2, 0) is 13.6 Å². The van der Waals surface area contributed by atoms with E-state index in [-0.39, 0.29) is 6.61 Å². The molecule has 86 valence electrons. The van der Waals surface area contributed by atoms with Crippen LogP contribution in [0.4, 0.5) is 0 Å². The van der Waals surface area contributed by atoms with Gasteiger partial charge in [0.15, 0.2) is 0 Å². The van der Waals surface area contributed by atoms with Crippen LogP contribution in [0.25, 0.3) is 0 Å². The number of aromatic nitrogens is 2. The minimum absolute atomic E-state index is 0.235. The Morgan fingerprint density at radius 1 is 1.47 bits per heavy atom. The van der Waals surface area contributed by atoms with Gasteiger partial charge < -0.3 is 10.4 Å². The number of aryl methyl sites for hydroxylation is 2. The Labute approximate surface area is 91.3 Å². The van der Waals surface area contributed by atoms with E-state index in [4.69, 9.17) is 5.11 Å². The highest BCUT2D eigenvalue weighted by Crippen LogP contribution is 2.11. The van der Waals surface area contributed by atoms with E-state index < -0.39 is 0 Å². The van der Waals surface area contributed by atoms with Crippen LogP contribution in [0.15, 0.2) is 0 Å². The van der Waals surface area contributed by atoms with Crippen LogP contribution < -0.4 is 5.32 Å². The van der Waals surface area contributed by atoms with Gasteiger partial charge in [0.05, 0.1) is 5.69 Å². The molecule has 0 radical (unpaired) electrons. The van der Waals surface area contributed by atoms with Crippen molar-refractivity contribution in [2.45, 2.75) is 39.8 Å². The number of aliphatic hydroxyl groups excluding tert-OH is 1. The largest absolute Gasteiger partial charge is 0.396 e. The van der Waals surface area contributed by atoms with Gasteiger partial charge in [-0.3, -0.25) is 4.68 Å². The summed E-state index contributed by atoms with van der Waals surface area (Å²) in [4.78, 5) is 0. The molecule has 0 saturated heterocycles. The molecule has 15 heavy (non-hydrogen) atoms. The first-order valence-corrected chi connectivity index (χ1v) is 5.39. The Morgan fingerprint density at radius 2 is 2.13 bits per heavy atom. The molecule has 4 nitrogen and oxygen atoms in total. The Kier molecular flexibility index (Phi) is 4.29. The van der Waals surface area contributed by atoms with Crippen molar-refractivity contribution in [3.63, 3.8) is 0 Å². The van der Waals surface area contributed by atoms with Crippen molar-refractivity contribution >= 4 is 0 Å². The minimum Gasteiger partial charge on any atom is -0.396 e. The van der Waals surface area contributed by atoms with Gasteiger partial charge in [0.1, 0.15) is 0 Å². The van der Waals surface area contributed by atoms with Crippen LogP contribution in [0.1, 0.15) is 30.3 Å². The van der Waals surface area contributed by atoms with Crippen molar-refractivity contribution < 1.29 is 5.11 Å². The molecule has 0 saturated carbocycles. The molecule has 0 aliphatic rings. The smallest absolute Gasteiger partial charge is 0.0641 e. The molecule has 0 bridgehead atoms. The van der Waals surface area contributed by atoms with Gasteiger partial charge in [-0.1, -0.05) is 0 Å². The molecule has 1 aromatic heterocycles. The fourth-order valence-electron chi connectivity index (χ4n) is 1.65. The zero-order valence-corrected chi connectivity index (χ0v) is 10.0. The Bertz CT molecular complexity index is 320. The van der Waals surface area contributed by atoms with Gasteiger partial charge in [-0.05, 0) is 27.2 Å². The van der Waals surface area contributed by atoms with E-state index in [1.165, 1.54) is 11.3 Å². The standard InChI is InChI=1S/C11H21N3O/c1-8(5-6-15)12-7-11-9(2)13-14(4)10(11)3/h8,12,15H,5-7H2,1-4H3/t8-/m1/s1. The molecule has 1 rings (SSSR count). The van der Waals surface area contributed by atoms with Gasteiger partial charge in [-0.25, -0.2) is 0 Å². The fourth-order valence-corrected chi connectivity index (χ4v) is 1.65. The number of hydrogen-bond acceptors (Lipinski definition) is 3. The molecule has 0 aliphatic carbocycles. The van der Waals surface area contributed by atoms with Gasteiger partial charge >= 0.3 is 0 Å². The third kappa shape index (κ3) is 3.04. The van der Waals surface area contributed by atoms with Crippen LogP contribution in [0, 0.1) is 13.8 Å². The summed E-state index contributed by atoms with van der Waals surface area (Å²) >= 11 is 0. The molecule has 4 heteroatoms. The highest BCUT2D eigenvalue weighted by molar-refractivity contribution is 5.24. The second kappa shape index (κ2) is 5.28. The van der Waals surface area contributed by atoms with Crippen LogP contribution in [0.5, 0.6) is 0 Å². The average molecular weight is 211 g/mol. The highest BCUT2D eigenvalue weighted by atomic mass is 16.3. The maximum Gasteiger partial charge on any atom is 0.0641 e. The lowest BCUT2D eigenvalue weighted by atomic mass is 10.1. The van der Waals surface area contributed by atoms with Crippen molar-refractivity contribution in [1.29, 1.82) is 0 Å². The molecule has 0 amide bonds. The Morgan fingerprint density at radius 3 is 2.60 bits per heavy atom. The number of aliphatic hydroxyl groups is 1. The summed E-state index contributed by atoms with van der Waals surface area (Å²) in [5.41, 5.74) is 3.55. The van der Waals surface area contributed by atoms with Gasteiger partial charge in [0.25, 0.3) is 0 Å². The SMILES string of the molecule is Cc1nn(C)c(C)c1CN[C@H](C)CCO. The summed E-state index contributed by atoms with van der Waals surface area (Å²) in [6.45, 7) is 7.25. The van der Waals surface area contributed by atoms with E-state index in [9.17, 15) is 0 Å². The van der Waals surface area contributed by atoms with Gasteiger partial charge in [0.2, 0.25) is 0 Å². The number of rotatable bonds is 5. The summed E-state index contributed by atoms with van der Waals surface area (Å²) in [6, 6.07) is 0.342. The van der Waals surface area contributed by atoms with E-state index >= 15 is 0 Å². The quantitative estimate of drug-likeness (QED) is 0.760. The van der Waals surface area contributed by atoms with Crippen molar-refractivity contribution in [3.8, 4) is 0 Å². The molecule has 0 unspecified atom stereocenters. The van der Waals surface area contributed by atoms with Crippen LogP contribution in [0.3, 0.4) is 0 Å². The maximum atomic E-state index is 8.79. The first-order chi connectivity index (χ1) is 7.06. The van der Waals surface area contributed by atoms with E-state index in [0.717, 1.165) is 18.7 Å². The van der Waals surface area contributed by atoms with Gasteiger partial charge in [-0.15, -0.1) is 0 Å². The zero-order valence-electron chi connectivity index (χ0n) is 10.0. The first kappa shape index (κ1) is 12.2. The minimum atomic E-state index is 0.235. The Hall–Kier alpha value is -0.870. The molecule has 2 N–H and O–H groups in total.